The lowest BCUT2D eigenvalue weighted by Gasteiger charge is -2.28. The molecule has 3 heteroatoms. The van der Waals surface area contributed by atoms with Crippen molar-refractivity contribution in [1.82, 2.24) is 0 Å². The van der Waals surface area contributed by atoms with Crippen LogP contribution in [0.5, 0.6) is 5.75 Å². The van der Waals surface area contributed by atoms with Crippen LogP contribution in [0.4, 0.5) is 0 Å². The Morgan fingerprint density at radius 3 is 2.38 bits per heavy atom. The van der Waals surface area contributed by atoms with Crippen molar-refractivity contribution in [2.24, 2.45) is 0 Å². The van der Waals surface area contributed by atoms with Gasteiger partial charge in [0.1, 0.15) is 5.75 Å². The normalized spacial score (nSPS) is 15.2. The van der Waals surface area contributed by atoms with Crippen molar-refractivity contribution >= 4 is 10.5 Å². The van der Waals surface area contributed by atoms with Gasteiger partial charge in [-0.05, 0) is 12.1 Å². The molecule has 0 amide bonds. The van der Waals surface area contributed by atoms with Crippen molar-refractivity contribution in [1.29, 1.82) is 0 Å². The maximum absolute atomic E-state index is 5.71. The predicted molar refractivity (Wildman–Crippen MR) is 56.8 cm³/mol. The molecule has 0 heterocycles. The summed E-state index contributed by atoms with van der Waals surface area (Å²) in [5.41, 5.74) is 0. The highest BCUT2D eigenvalue weighted by Crippen LogP contribution is 2.20. The Labute approximate surface area is 82.4 Å². The molecule has 1 aromatic rings. The van der Waals surface area contributed by atoms with Gasteiger partial charge in [-0.25, -0.2) is 0 Å². The molecule has 1 atom stereocenters. The van der Waals surface area contributed by atoms with E-state index >= 15 is 0 Å². The van der Waals surface area contributed by atoms with Gasteiger partial charge in [0.2, 0.25) is 0 Å². The third kappa shape index (κ3) is 2.86. The molecule has 0 N–H and O–H groups in total. The molecule has 0 aliphatic carbocycles. The second kappa shape index (κ2) is 4.44. The van der Waals surface area contributed by atoms with Crippen molar-refractivity contribution in [3.8, 4) is 5.75 Å². The fraction of sp³-hybridized carbons (Fsp3) is 0.400. The van der Waals surface area contributed by atoms with Crippen molar-refractivity contribution in [3.63, 3.8) is 0 Å². The molecular formula is C10H16O2Si. The first-order valence-electron chi connectivity index (χ1n) is 4.49. The highest BCUT2D eigenvalue weighted by molar-refractivity contribution is 5.98. The van der Waals surface area contributed by atoms with Gasteiger partial charge in [0.25, 0.3) is 0 Å². The highest BCUT2D eigenvalue weighted by atomic mass is 28.2. The Hall–Kier alpha value is -0.803. The SMILES string of the molecule is CCC(C)(O[SiH3])Oc1ccccc1. The van der Waals surface area contributed by atoms with Gasteiger partial charge >= 0.3 is 0 Å². The van der Waals surface area contributed by atoms with Crippen LogP contribution >= 0.6 is 0 Å². The zero-order valence-electron chi connectivity index (χ0n) is 8.41. The Bertz CT molecular complexity index is 244. The van der Waals surface area contributed by atoms with Gasteiger partial charge in [-0.2, -0.15) is 0 Å². The number of para-hydroxylation sites is 1. The summed E-state index contributed by atoms with van der Waals surface area (Å²) >= 11 is 0. The van der Waals surface area contributed by atoms with E-state index in [4.69, 9.17) is 9.16 Å². The van der Waals surface area contributed by atoms with Crippen molar-refractivity contribution < 1.29 is 9.16 Å². The highest BCUT2D eigenvalue weighted by Gasteiger charge is 2.21. The van der Waals surface area contributed by atoms with E-state index in [9.17, 15) is 0 Å². The van der Waals surface area contributed by atoms with Crippen LogP contribution < -0.4 is 4.74 Å². The smallest absolute Gasteiger partial charge is 0.197 e. The average Bonchev–Trinajstić information content (AvgIpc) is 2.19. The quantitative estimate of drug-likeness (QED) is 0.536. The zero-order chi connectivity index (χ0) is 9.73. The first-order valence-corrected chi connectivity index (χ1v) is 5.31. The van der Waals surface area contributed by atoms with Gasteiger partial charge in [-0.1, -0.05) is 25.1 Å². The fourth-order valence-corrected chi connectivity index (χ4v) is 1.37. The Morgan fingerprint density at radius 1 is 1.31 bits per heavy atom. The van der Waals surface area contributed by atoms with Crippen molar-refractivity contribution in [3.05, 3.63) is 30.3 Å². The largest absolute Gasteiger partial charge is 0.464 e. The van der Waals surface area contributed by atoms with Gasteiger partial charge in [-0.3, -0.25) is 0 Å². The van der Waals surface area contributed by atoms with E-state index in [2.05, 4.69) is 6.92 Å². The van der Waals surface area contributed by atoms with Crippen molar-refractivity contribution in [2.75, 3.05) is 0 Å². The molecule has 0 aromatic heterocycles. The van der Waals surface area contributed by atoms with E-state index in [1.165, 1.54) is 0 Å². The topological polar surface area (TPSA) is 18.5 Å². The number of rotatable bonds is 4. The minimum atomic E-state index is -0.451. The van der Waals surface area contributed by atoms with Gasteiger partial charge in [0, 0.05) is 13.3 Å². The predicted octanol–water partition coefficient (Wildman–Crippen LogP) is 1.49. The van der Waals surface area contributed by atoms with E-state index < -0.39 is 5.79 Å². The molecule has 0 aliphatic heterocycles. The molecule has 0 bridgehead atoms. The first-order chi connectivity index (χ1) is 6.20. The summed E-state index contributed by atoms with van der Waals surface area (Å²) in [4.78, 5) is 0. The Balaban J connectivity index is 2.68. The molecule has 0 radical (unpaired) electrons. The van der Waals surface area contributed by atoms with Gasteiger partial charge in [0.05, 0.1) is 0 Å². The van der Waals surface area contributed by atoms with E-state index in [1.807, 2.05) is 37.3 Å². The molecule has 0 saturated heterocycles. The molecule has 0 aliphatic rings. The van der Waals surface area contributed by atoms with Gasteiger partial charge in [0.15, 0.2) is 16.3 Å². The standard InChI is InChI=1S/C10H16O2Si/c1-3-10(2,12-13)11-9-7-5-4-6-8-9/h4-8H,3H2,1-2,13H3. The summed E-state index contributed by atoms with van der Waals surface area (Å²) in [7, 11) is 0.692. The van der Waals surface area contributed by atoms with Crippen molar-refractivity contribution in [2.45, 2.75) is 26.1 Å². The summed E-state index contributed by atoms with van der Waals surface area (Å²) in [6.07, 6.45) is 0.853. The summed E-state index contributed by atoms with van der Waals surface area (Å²) in [6.45, 7) is 4.02. The van der Waals surface area contributed by atoms with E-state index in [0.29, 0.717) is 10.5 Å². The monoisotopic (exact) mass is 196 g/mol. The molecule has 1 unspecified atom stereocenters. The maximum Gasteiger partial charge on any atom is 0.197 e. The lowest BCUT2D eigenvalue weighted by molar-refractivity contribution is -0.0958. The van der Waals surface area contributed by atoms with Crippen LogP contribution in [0.1, 0.15) is 20.3 Å². The first kappa shape index (κ1) is 10.3. The van der Waals surface area contributed by atoms with Crippen LogP contribution in [0.2, 0.25) is 0 Å². The molecule has 0 spiro atoms. The third-order valence-electron chi connectivity index (χ3n) is 2.15. The lowest BCUT2D eigenvalue weighted by atomic mass is 10.2. The number of ether oxygens (including phenoxy) is 1. The Kier molecular flexibility index (Phi) is 3.51. The molecule has 13 heavy (non-hydrogen) atoms. The molecule has 1 rings (SSSR count). The third-order valence-corrected chi connectivity index (χ3v) is 3.01. The molecule has 1 aromatic carbocycles. The number of hydrogen-bond donors (Lipinski definition) is 0. The van der Waals surface area contributed by atoms with Crippen LogP contribution in [0, 0.1) is 0 Å². The van der Waals surface area contributed by atoms with Crippen LogP contribution in [-0.4, -0.2) is 16.3 Å². The summed E-state index contributed by atoms with van der Waals surface area (Å²) < 4.78 is 11.1. The van der Waals surface area contributed by atoms with Gasteiger partial charge in [-0.15, -0.1) is 0 Å². The van der Waals surface area contributed by atoms with Gasteiger partial charge < -0.3 is 9.16 Å². The van der Waals surface area contributed by atoms with Crippen LogP contribution in [0.3, 0.4) is 0 Å². The second-order valence-electron chi connectivity index (χ2n) is 3.11. The van der Waals surface area contributed by atoms with E-state index in [-0.39, 0.29) is 0 Å². The summed E-state index contributed by atoms with van der Waals surface area (Å²) in [6, 6.07) is 9.76. The zero-order valence-corrected chi connectivity index (χ0v) is 10.4. The minimum absolute atomic E-state index is 0.451. The van der Waals surface area contributed by atoms with Crippen LogP contribution in [-0.2, 0) is 4.43 Å². The van der Waals surface area contributed by atoms with Crippen LogP contribution in [0.15, 0.2) is 30.3 Å². The summed E-state index contributed by atoms with van der Waals surface area (Å²) in [5.74, 6) is 0.413. The average molecular weight is 196 g/mol. The molecular weight excluding hydrogens is 180 g/mol. The molecule has 2 nitrogen and oxygen atoms in total. The summed E-state index contributed by atoms with van der Waals surface area (Å²) in [5, 5.41) is 0. The fourth-order valence-electron chi connectivity index (χ4n) is 0.996. The van der Waals surface area contributed by atoms with E-state index in [1.54, 1.807) is 0 Å². The Morgan fingerprint density at radius 2 is 1.92 bits per heavy atom. The molecule has 0 saturated carbocycles. The maximum atomic E-state index is 5.71. The number of hydrogen-bond acceptors (Lipinski definition) is 2. The minimum Gasteiger partial charge on any atom is -0.464 e. The second-order valence-corrected chi connectivity index (χ2v) is 3.51. The van der Waals surface area contributed by atoms with Crippen LogP contribution in [0.25, 0.3) is 0 Å². The van der Waals surface area contributed by atoms with E-state index in [0.717, 1.165) is 12.2 Å². The molecule has 0 fully saturated rings. The molecule has 72 valence electrons. The number of benzene rings is 1. The lowest BCUT2D eigenvalue weighted by Crippen LogP contribution is -2.34.